The number of anilines is 2. The van der Waals surface area contributed by atoms with Gasteiger partial charge in [0, 0.05) is 36.6 Å². The molecule has 1 saturated heterocycles. The molecule has 1 unspecified atom stereocenters. The van der Waals surface area contributed by atoms with Gasteiger partial charge in [-0.25, -0.2) is 4.39 Å². The minimum absolute atomic E-state index is 0. The standard InChI is InChI=1S/C22H25FN4O3S.ClH/c1-2-8-26-9-7-16-17(12-26)31-22(19(16)20(24)29)25-21(30)13-10-18(28)27(11-13)15-5-3-14(23)4-6-15;/h3-6,13H,2,7-12H2,1H3,(H2,24,29)(H,25,30);1H. The lowest BCUT2D eigenvalue weighted by Gasteiger charge is -2.26. The van der Waals surface area contributed by atoms with Crippen molar-refractivity contribution in [2.45, 2.75) is 32.7 Å². The first-order valence-electron chi connectivity index (χ1n) is 10.4. The van der Waals surface area contributed by atoms with Crippen LogP contribution in [0.3, 0.4) is 0 Å². The lowest BCUT2D eigenvalue weighted by atomic mass is 10.0. The van der Waals surface area contributed by atoms with Crippen molar-refractivity contribution in [1.29, 1.82) is 0 Å². The van der Waals surface area contributed by atoms with Crippen molar-refractivity contribution in [3.63, 3.8) is 0 Å². The lowest BCUT2D eigenvalue weighted by molar-refractivity contribution is -0.122. The van der Waals surface area contributed by atoms with Crippen LogP contribution in [0.15, 0.2) is 24.3 Å². The summed E-state index contributed by atoms with van der Waals surface area (Å²) >= 11 is 1.39. The number of hydrogen-bond acceptors (Lipinski definition) is 5. The molecule has 172 valence electrons. The topological polar surface area (TPSA) is 95.7 Å². The van der Waals surface area contributed by atoms with Gasteiger partial charge in [-0.2, -0.15) is 0 Å². The number of nitrogens with zero attached hydrogens (tertiary/aromatic N) is 2. The Morgan fingerprint density at radius 1 is 1.28 bits per heavy atom. The number of primary amides is 1. The number of hydrogen-bond donors (Lipinski definition) is 2. The van der Waals surface area contributed by atoms with Gasteiger partial charge in [-0.15, -0.1) is 23.7 Å². The van der Waals surface area contributed by atoms with E-state index in [1.807, 2.05) is 0 Å². The Balaban J connectivity index is 0.00000289. The Hall–Kier alpha value is -2.49. The molecule has 4 rings (SSSR count). The first-order valence-corrected chi connectivity index (χ1v) is 11.2. The molecule has 1 aromatic heterocycles. The molecule has 0 aliphatic carbocycles. The number of benzene rings is 1. The summed E-state index contributed by atoms with van der Waals surface area (Å²) in [5.74, 6) is -2.00. The number of nitrogens with two attached hydrogens (primary N) is 1. The zero-order chi connectivity index (χ0) is 22.1. The second-order valence-electron chi connectivity index (χ2n) is 7.97. The number of amides is 3. The predicted molar refractivity (Wildman–Crippen MR) is 125 cm³/mol. The normalized spacial score (nSPS) is 18.2. The minimum Gasteiger partial charge on any atom is -0.365 e. The molecule has 2 aromatic rings. The second-order valence-corrected chi connectivity index (χ2v) is 9.07. The van der Waals surface area contributed by atoms with Gasteiger partial charge < -0.3 is 16.0 Å². The van der Waals surface area contributed by atoms with Gasteiger partial charge in [-0.3, -0.25) is 19.3 Å². The number of rotatable bonds is 6. The molecule has 0 spiro atoms. The number of halogens is 2. The Morgan fingerprint density at radius 3 is 2.66 bits per heavy atom. The zero-order valence-electron chi connectivity index (χ0n) is 17.7. The molecule has 3 heterocycles. The number of carbonyl (C=O) groups is 3. The van der Waals surface area contributed by atoms with Crippen molar-refractivity contribution < 1.29 is 18.8 Å². The van der Waals surface area contributed by atoms with E-state index in [1.54, 1.807) is 0 Å². The number of carbonyl (C=O) groups excluding carboxylic acids is 3. The van der Waals surface area contributed by atoms with E-state index in [-0.39, 0.29) is 43.0 Å². The van der Waals surface area contributed by atoms with Crippen LogP contribution >= 0.6 is 23.7 Å². The first kappa shape index (κ1) is 24.2. The fourth-order valence-corrected chi connectivity index (χ4v) is 5.58. The number of nitrogens with one attached hydrogen (secondary N) is 1. The van der Waals surface area contributed by atoms with Gasteiger partial charge in [0.2, 0.25) is 11.8 Å². The summed E-state index contributed by atoms with van der Waals surface area (Å²) in [6.07, 6.45) is 1.83. The van der Waals surface area contributed by atoms with Crippen molar-refractivity contribution in [2.24, 2.45) is 11.7 Å². The predicted octanol–water partition coefficient (Wildman–Crippen LogP) is 3.17. The molecule has 2 aliphatic heterocycles. The first-order chi connectivity index (χ1) is 14.9. The molecular weight excluding hydrogens is 455 g/mol. The Bertz CT molecular complexity index is 1030. The maximum atomic E-state index is 13.2. The maximum Gasteiger partial charge on any atom is 0.251 e. The number of fused-ring (bicyclic) bond motifs is 1. The molecule has 2 aliphatic rings. The highest BCUT2D eigenvalue weighted by Crippen LogP contribution is 2.37. The Labute approximate surface area is 196 Å². The van der Waals surface area contributed by atoms with Crippen LogP contribution in [-0.4, -0.2) is 42.3 Å². The smallest absolute Gasteiger partial charge is 0.251 e. The molecule has 1 aromatic carbocycles. The van der Waals surface area contributed by atoms with Gasteiger partial charge in [0.15, 0.2) is 0 Å². The fourth-order valence-electron chi connectivity index (χ4n) is 4.28. The third kappa shape index (κ3) is 4.79. The highest BCUT2D eigenvalue weighted by atomic mass is 35.5. The summed E-state index contributed by atoms with van der Waals surface area (Å²) in [5, 5.41) is 3.33. The highest BCUT2D eigenvalue weighted by molar-refractivity contribution is 7.17. The average molecular weight is 481 g/mol. The zero-order valence-corrected chi connectivity index (χ0v) is 19.4. The van der Waals surface area contributed by atoms with Crippen molar-refractivity contribution in [3.05, 3.63) is 46.1 Å². The van der Waals surface area contributed by atoms with Crippen LogP contribution < -0.4 is 16.0 Å². The van der Waals surface area contributed by atoms with Crippen molar-refractivity contribution in [1.82, 2.24) is 4.90 Å². The van der Waals surface area contributed by atoms with Crippen LogP contribution in [-0.2, 0) is 22.6 Å². The molecule has 1 atom stereocenters. The third-order valence-electron chi connectivity index (χ3n) is 5.79. The van der Waals surface area contributed by atoms with Crippen LogP contribution in [0.25, 0.3) is 0 Å². The molecule has 32 heavy (non-hydrogen) atoms. The van der Waals surface area contributed by atoms with Crippen LogP contribution in [0.4, 0.5) is 15.1 Å². The lowest BCUT2D eigenvalue weighted by Crippen LogP contribution is -2.31. The highest BCUT2D eigenvalue weighted by Gasteiger charge is 2.36. The molecule has 3 amide bonds. The minimum atomic E-state index is -0.561. The quantitative estimate of drug-likeness (QED) is 0.663. The van der Waals surface area contributed by atoms with E-state index in [0.717, 1.165) is 42.9 Å². The van der Waals surface area contributed by atoms with E-state index < -0.39 is 11.8 Å². The maximum absolute atomic E-state index is 13.2. The average Bonchev–Trinajstić information content (AvgIpc) is 3.29. The van der Waals surface area contributed by atoms with E-state index in [1.165, 1.54) is 40.5 Å². The monoisotopic (exact) mass is 480 g/mol. The molecule has 0 saturated carbocycles. The molecule has 1 fully saturated rings. The van der Waals surface area contributed by atoms with E-state index in [2.05, 4.69) is 17.1 Å². The van der Waals surface area contributed by atoms with Gasteiger partial charge in [0.05, 0.1) is 11.5 Å². The van der Waals surface area contributed by atoms with E-state index in [0.29, 0.717) is 16.3 Å². The molecule has 7 nitrogen and oxygen atoms in total. The van der Waals surface area contributed by atoms with Crippen molar-refractivity contribution >= 4 is 52.2 Å². The Morgan fingerprint density at radius 2 is 2.00 bits per heavy atom. The van der Waals surface area contributed by atoms with Crippen LogP contribution in [0.5, 0.6) is 0 Å². The van der Waals surface area contributed by atoms with Crippen LogP contribution in [0, 0.1) is 11.7 Å². The van der Waals surface area contributed by atoms with Crippen LogP contribution in [0.1, 0.15) is 40.6 Å². The fraction of sp³-hybridized carbons (Fsp3) is 0.409. The SMILES string of the molecule is CCCN1CCc2c(sc(NC(=O)C3CC(=O)N(c4ccc(F)cc4)C3)c2C(N)=O)C1.Cl. The van der Waals surface area contributed by atoms with E-state index in [9.17, 15) is 18.8 Å². The largest absolute Gasteiger partial charge is 0.365 e. The molecule has 0 radical (unpaired) electrons. The van der Waals surface area contributed by atoms with Gasteiger partial charge in [-0.1, -0.05) is 6.92 Å². The summed E-state index contributed by atoms with van der Waals surface area (Å²) in [5.41, 5.74) is 7.52. The Kier molecular flexibility index (Phi) is 7.53. The van der Waals surface area contributed by atoms with E-state index in [4.69, 9.17) is 5.73 Å². The summed E-state index contributed by atoms with van der Waals surface area (Å²) in [6, 6.07) is 5.61. The van der Waals surface area contributed by atoms with Crippen LogP contribution in [0.2, 0.25) is 0 Å². The molecule has 10 heteroatoms. The summed E-state index contributed by atoms with van der Waals surface area (Å²) < 4.78 is 13.2. The third-order valence-corrected chi connectivity index (χ3v) is 6.93. The number of thiophene rings is 1. The van der Waals surface area contributed by atoms with Crippen molar-refractivity contribution in [2.75, 3.05) is 29.9 Å². The molecular formula is C22H26ClFN4O3S. The van der Waals surface area contributed by atoms with E-state index >= 15 is 0 Å². The molecule has 3 N–H and O–H groups in total. The second kappa shape index (κ2) is 9.97. The van der Waals surface area contributed by atoms with Gasteiger partial charge in [0.1, 0.15) is 10.8 Å². The summed E-state index contributed by atoms with van der Waals surface area (Å²) in [6.45, 7) is 4.91. The van der Waals surface area contributed by atoms with Crippen molar-refractivity contribution in [3.8, 4) is 0 Å². The molecule has 0 bridgehead atoms. The van der Waals surface area contributed by atoms with Gasteiger partial charge in [-0.05, 0) is 49.2 Å². The van der Waals surface area contributed by atoms with Gasteiger partial charge in [0.25, 0.3) is 5.91 Å². The summed E-state index contributed by atoms with van der Waals surface area (Å²) in [7, 11) is 0. The van der Waals surface area contributed by atoms with Gasteiger partial charge >= 0.3 is 0 Å². The summed E-state index contributed by atoms with van der Waals surface area (Å²) in [4.78, 5) is 42.4.